The predicted octanol–water partition coefficient (Wildman–Crippen LogP) is 3.30. The Kier molecular flexibility index (Phi) is 4.35. The fourth-order valence-corrected chi connectivity index (χ4v) is 2.33. The van der Waals surface area contributed by atoms with Crippen molar-refractivity contribution in [3.8, 4) is 11.3 Å². The van der Waals surface area contributed by atoms with Crippen LogP contribution in [0.25, 0.3) is 11.3 Å². The van der Waals surface area contributed by atoms with E-state index in [1.54, 1.807) is 18.2 Å². The Morgan fingerprint density at radius 1 is 1.28 bits per heavy atom. The number of rotatable bonds is 2. The van der Waals surface area contributed by atoms with Crippen molar-refractivity contribution in [3.05, 3.63) is 60.1 Å². The molecule has 0 unspecified atom stereocenters. The monoisotopic (exact) mass is 346 g/mol. The van der Waals surface area contributed by atoms with Crippen LogP contribution in [0.2, 0.25) is 0 Å². The summed E-state index contributed by atoms with van der Waals surface area (Å²) in [6.45, 7) is 1.48. The molecule has 0 saturated heterocycles. The molecular weight excluding hydrogens is 333 g/mol. The zero-order valence-electron chi connectivity index (χ0n) is 13.2. The van der Waals surface area contributed by atoms with Gasteiger partial charge in [0.05, 0.1) is 12.2 Å². The highest BCUT2D eigenvalue weighted by Crippen LogP contribution is 2.32. The van der Waals surface area contributed by atoms with Gasteiger partial charge in [0.25, 0.3) is 0 Å². The Labute approximate surface area is 141 Å². The average molecular weight is 346 g/mol. The number of carbonyl (C=O) groups is 1. The molecule has 0 fully saturated rings. The molecule has 0 aliphatic carbocycles. The van der Waals surface area contributed by atoms with Crippen LogP contribution in [-0.4, -0.2) is 32.9 Å². The summed E-state index contributed by atoms with van der Waals surface area (Å²) in [6.07, 6.45) is 2.72. The molecule has 0 atom stereocenters. The van der Waals surface area contributed by atoms with E-state index in [9.17, 15) is 18.0 Å². The van der Waals surface area contributed by atoms with Crippen LogP contribution >= 0.6 is 0 Å². The molecule has 5 nitrogen and oxygen atoms in total. The second-order valence-electron chi connectivity index (χ2n) is 5.31. The van der Waals surface area contributed by atoms with Gasteiger partial charge < -0.3 is 0 Å². The van der Waals surface area contributed by atoms with Crippen LogP contribution < -0.4 is 0 Å². The van der Waals surface area contributed by atoms with E-state index in [2.05, 4.69) is 15.1 Å². The first kappa shape index (κ1) is 16.8. The molecule has 2 aromatic rings. The molecule has 3 rings (SSSR count). The lowest BCUT2D eigenvalue weighted by Crippen LogP contribution is -2.20. The normalized spacial score (nSPS) is 14.7. The predicted molar refractivity (Wildman–Crippen MR) is 86.1 cm³/mol. The average Bonchev–Trinajstić information content (AvgIpc) is 2.88. The number of Topliss-reactive ketones (excluding diaryl/α,β-unsaturated/α-hetero) is 1. The van der Waals surface area contributed by atoms with Crippen molar-refractivity contribution in [1.82, 2.24) is 14.8 Å². The molecule has 0 amide bonds. The number of nitrogens with zero attached hydrogens (tertiary/aromatic N) is 4. The summed E-state index contributed by atoms with van der Waals surface area (Å²) in [5.41, 5.74) is 0.0565. The van der Waals surface area contributed by atoms with Crippen LogP contribution in [0, 0.1) is 0 Å². The molecule has 0 aromatic carbocycles. The van der Waals surface area contributed by atoms with Gasteiger partial charge in [-0.05, 0) is 37.3 Å². The van der Waals surface area contributed by atoms with E-state index in [1.165, 1.54) is 31.5 Å². The van der Waals surface area contributed by atoms with Crippen LogP contribution in [0.1, 0.15) is 12.6 Å². The third-order valence-corrected chi connectivity index (χ3v) is 3.56. The highest BCUT2D eigenvalue weighted by Gasteiger charge is 2.37. The first-order valence-electron chi connectivity index (χ1n) is 7.38. The Balaban J connectivity index is 2.07. The minimum atomic E-state index is -4.60. The van der Waals surface area contributed by atoms with E-state index >= 15 is 0 Å². The number of hydrogen-bond acceptors (Lipinski definition) is 4. The number of alkyl halides is 3. The number of allylic oxidation sites excluding steroid dienone is 3. The van der Waals surface area contributed by atoms with Crippen molar-refractivity contribution >= 4 is 11.6 Å². The molecule has 25 heavy (non-hydrogen) atoms. The van der Waals surface area contributed by atoms with Crippen LogP contribution in [0.4, 0.5) is 13.2 Å². The van der Waals surface area contributed by atoms with Gasteiger partial charge in [-0.1, -0.05) is 6.08 Å². The molecule has 2 aromatic heterocycles. The van der Waals surface area contributed by atoms with Crippen molar-refractivity contribution in [2.75, 3.05) is 6.54 Å². The van der Waals surface area contributed by atoms with Gasteiger partial charge in [0.15, 0.2) is 11.5 Å². The van der Waals surface area contributed by atoms with Crippen molar-refractivity contribution in [2.24, 2.45) is 4.99 Å². The second-order valence-corrected chi connectivity index (χ2v) is 5.31. The second kappa shape index (κ2) is 6.46. The number of hydrogen-bond donors (Lipinski definition) is 0. The van der Waals surface area contributed by atoms with E-state index in [4.69, 9.17) is 0 Å². The summed E-state index contributed by atoms with van der Waals surface area (Å²) in [7, 11) is 0. The van der Waals surface area contributed by atoms with Gasteiger partial charge in [-0.25, -0.2) is 4.68 Å². The van der Waals surface area contributed by atoms with Gasteiger partial charge in [-0.3, -0.25) is 14.8 Å². The maximum Gasteiger partial charge on any atom is 0.433 e. The summed E-state index contributed by atoms with van der Waals surface area (Å²) in [5.74, 6) is -0.171. The number of aromatic nitrogens is 3. The van der Waals surface area contributed by atoms with Crippen molar-refractivity contribution in [1.29, 1.82) is 0 Å². The largest absolute Gasteiger partial charge is 0.433 e. The molecule has 0 bridgehead atoms. The van der Waals surface area contributed by atoms with E-state index in [-0.39, 0.29) is 23.9 Å². The Hall–Kier alpha value is -3.03. The first-order valence-corrected chi connectivity index (χ1v) is 7.38. The summed E-state index contributed by atoms with van der Waals surface area (Å²) < 4.78 is 41.0. The fourth-order valence-electron chi connectivity index (χ4n) is 2.33. The Morgan fingerprint density at radius 2 is 2.08 bits per heavy atom. The molecule has 1 aliphatic rings. The van der Waals surface area contributed by atoms with Crippen molar-refractivity contribution in [3.63, 3.8) is 0 Å². The SMILES string of the molecule is CC(=O)C1=CCN=C(n2nc(-c3cccnc3)cc2C(F)(F)F)C=C1. The van der Waals surface area contributed by atoms with Crippen LogP contribution in [0.5, 0.6) is 0 Å². The lowest BCUT2D eigenvalue weighted by atomic mass is 10.1. The zero-order chi connectivity index (χ0) is 18.0. The molecule has 128 valence electrons. The number of pyridine rings is 1. The van der Waals surface area contributed by atoms with Crippen LogP contribution in [0.3, 0.4) is 0 Å². The lowest BCUT2D eigenvalue weighted by Gasteiger charge is -2.09. The van der Waals surface area contributed by atoms with Gasteiger partial charge >= 0.3 is 6.18 Å². The molecular formula is C17H13F3N4O. The fraction of sp³-hybridized carbons (Fsp3) is 0.176. The summed E-state index contributed by atoms with van der Waals surface area (Å²) >= 11 is 0. The lowest BCUT2D eigenvalue weighted by molar-refractivity contribution is -0.142. The molecule has 0 saturated carbocycles. The van der Waals surface area contributed by atoms with Crippen LogP contribution in [-0.2, 0) is 11.0 Å². The third-order valence-electron chi connectivity index (χ3n) is 3.56. The highest BCUT2D eigenvalue weighted by molar-refractivity contribution is 6.01. The van der Waals surface area contributed by atoms with Gasteiger partial charge in [-0.15, -0.1) is 0 Å². The third kappa shape index (κ3) is 3.57. The van der Waals surface area contributed by atoms with Gasteiger partial charge in [0.1, 0.15) is 5.84 Å². The van der Waals surface area contributed by atoms with E-state index < -0.39 is 11.9 Å². The van der Waals surface area contributed by atoms with Gasteiger partial charge in [0.2, 0.25) is 0 Å². The number of ketones is 1. The molecule has 0 spiro atoms. The topological polar surface area (TPSA) is 60.1 Å². The van der Waals surface area contributed by atoms with Gasteiger partial charge in [0, 0.05) is 23.5 Å². The number of carbonyl (C=O) groups excluding carboxylic acids is 1. The maximum atomic E-state index is 13.4. The molecule has 0 N–H and O–H groups in total. The highest BCUT2D eigenvalue weighted by atomic mass is 19.4. The Morgan fingerprint density at radius 3 is 2.72 bits per heavy atom. The van der Waals surface area contributed by atoms with Crippen molar-refractivity contribution < 1.29 is 18.0 Å². The standard InChI is InChI=1S/C17H13F3N4O/c1-11(25)12-4-5-16(22-8-6-12)24-15(17(18,19)20)9-14(23-24)13-3-2-7-21-10-13/h2-7,9-10H,8H2,1H3. The van der Waals surface area contributed by atoms with E-state index in [1.807, 2.05) is 0 Å². The van der Waals surface area contributed by atoms with E-state index in [0.717, 1.165) is 10.7 Å². The van der Waals surface area contributed by atoms with Gasteiger partial charge in [-0.2, -0.15) is 18.3 Å². The molecule has 0 radical (unpaired) electrons. The summed E-state index contributed by atoms with van der Waals surface area (Å²) in [4.78, 5) is 19.4. The number of halogens is 3. The van der Waals surface area contributed by atoms with Crippen molar-refractivity contribution in [2.45, 2.75) is 13.1 Å². The quantitative estimate of drug-likeness (QED) is 0.838. The first-order chi connectivity index (χ1) is 11.9. The van der Waals surface area contributed by atoms with E-state index in [0.29, 0.717) is 11.1 Å². The smallest absolute Gasteiger partial charge is 0.295 e. The molecule has 8 heteroatoms. The maximum absolute atomic E-state index is 13.4. The summed E-state index contributed by atoms with van der Waals surface area (Å²) in [5, 5.41) is 4.05. The summed E-state index contributed by atoms with van der Waals surface area (Å²) in [6, 6.07) is 4.20. The number of aliphatic imine (C=N–C) groups is 1. The minimum absolute atomic E-state index is 0.00923. The van der Waals surface area contributed by atoms with Crippen LogP contribution in [0.15, 0.2) is 59.4 Å². The zero-order valence-corrected chi connectivity index (χ0v) is 13.2. The molecule has 1 aliphatic heterocycles. The Bertz CT molecular complexity index is 892. The molecule has 3 heterocycles. The minimum Gasteiger partial charge on any atom is -0.295 e.